The van der Waals surface area contributed by atoms with E-state index in [9.17, 15) is 9.59 Å². The second kappa shape index (κ2) is 11.8. The highest BCUT2D eigenvalue weighted by Gasteiger charge is 2.29. The molecular weight excluding hydrogens is 454 g/mol. The van der Waals surface area contributed by atoms with Crippen LogP contribution in [0.1, 0.15) is 46.6 Å². The van der Waals surface area contributed by atoms with Crippen LogP contribution in [0.5, 0.6) is 0 Å². The summed E-state index contributed by atoms with van der Waals surface area (Å²) in [5.41, 5.74) is 3.55. The number of nitrogens with zero attached hydrogens (tertiary/aromatic N) is 4. The number of amides is 2. The number of benzene rings is 1. The fraction of sp³-hybridized carbons (Fsp3) is 0.560. The number of fused-ring (bicyclic) bond motifs is 1. The summed E-state index contributed by atoms with van der Waals surface area (Å²) < 4.78 is 7.17. The first-order valence-corrected chi connectivity index (χ1v) is 12.5. The Morgan fingerprint density at radius 3 is 2.65 bits per heavy atom. The van der Waals surface area contributed by atoms with Crippen LogP contribution in [0.25, 0.3) is 0 Å². The van der Waals surface area contributed by atoms with Gasteiger partial charge in [-0.25, -0.2) is 0 Å². The molecule has 0 bridgehead atoms. The Morgan fingerprint density at radius 1 is 1.12 bits per heavy atom. The molecule has 1 N–H and O–H groups in total. The Labute approximate surface area is 206 Å². The van der Waals surface area contributed by atoms with Gasteiger partial charge in [-0.15, -0.1) is 0 Å². The van der Waals surface area contributed by atoms with Crippen molar-refractivity contribution >= 4 is 23.4 Å². The minimum Gasteiger partial charge on any atom is -0.379 e. The molecule has 9 heteroatoms. The van der Waals surface area contributed by atoms with Gasteiger partial charge in [-0.3, -0.25) is 19.2 Å². The van der Waals surface area contributed by atoms with E-state index in [4.69, 9.17) is 16.3 Å². The number of ether oxygens (including phenoxy) is 1. The number of aryl methyl sites for hydroxylation is 2. The van der Waals surface area contributed by atoms with Gasteiger partial charge in [-0.2, -0.15) is 5.10 Å². The fourth-order valence-corrected chi connectivity index (χ4v) is 4.78. The average molecular weight is 488 g/mol. The maximum atomic E-state index is 12.9. The average Bonchev–Trinajstić information content (AvgIpc) is 3.19. The minimum absolute atomic E-state index is 0.125. The minimum atomic E-state index is -0.157. The van der Waals surface area contributed by atoms with Gasteiger partial charge >= 0.3 is 0 Å². The van der Waals surface area contributed by atoms with Gasteiger partial charge in [-0.05, 0) is 43.5 Å². The first kappa shape index (κ1) is 24.7. The van der Waals surface area contributed by atoms with Crippen LogP contribution >= 0.6 is 11.6 Å². The Morgan fingerprint density at radius 2 is 1.88 bits per heavy atom. The lowest BCUT2D eigenvalue weighted by Crippen LogP contribution is -2.38. The lowest BCUT2D eigenvalue weighted by Gasteiger charge is -2.28. The Bertz CT molecular complexity index is 985. The number of rotatable bonds is 9. The van der Waals surface area contributed by atoms with Crippen LogP contribution in [0.2, 0.25) is 5.02 Å². The highest BCUT2D eigenvalue weighted by Crippen LogP contribution is 2.23. The molecule has 0 atom stereocenters. The summed E-state index contributed by atoms with van der Waals surface area (Å²) in [5, 5.41) is 8.23. The molecule has 1 fully saturated rings. The Kier molecular flexibility index (Phi) is 8.59. The number of halogens is 1. The number of carbonyl (C=O) groups excluding carboxylic acids is 2. The van der Waals surface area contributed by atoms with Crippen molar-refractivity contribution in [2.75, 3.05) is 45.9 Å². The third-order valence-corrected chi connectivity index (χ3v) is 6.87. The second-order valence-electron chi connectivity index (χ2n) is 9.01. The predicted octanol–water partition coefficient (Wildman–Crippen LogP) is 2.43. The summed E-state index contributed by atoms with van der Waals surface area (Å²) in [4.78, 5) is 30.0. The smallest absolute Gasteiger partial charge is 0.272 e. The summed E-state index contributed by atoms with van der Waals surface area (Å²) in [5.74, 6) is -0.0313. The lowest BCUT2D eigenvalue weighted by molar-refractivity contribution is -0.132. The van der Waals surface area contributed by atoms with Crippen LogP contribution in [0, 0.1) is 0 Å². The maximum Gasteiger partial charge on any atom is 0.272 e. The summed E-state index contributed by atoms with van der Waals surface area (Å²) >= 11 is 5.94. The third kappa shape index (κ3) is 6.37. The molecule has 0 unspecified atom stereocenters. The van der Waals surface area contributed by atoms with Crippen LogP contribution in [-0.2, 0) is 36.0 Å². The van der Waals surface area contributed by atoms with Crippen molar-refractivity contribution in [1.29, 1.82) is 0 Å². The lowest BCUT2D eigenvalue weighted by atomic mass is 10.0. The number of carbonyl (C=O) groups is 2. The summed E-state index contributed by atoms with van der Waals surface area (Å²) in [7, 11) is 1.87. The van der Waals surface area contributed by atoms with E-state index >= 15 is 0 Å². The molecule has 8 nitrogen and oxygen atoms in total. The third-order valence-electron chi connectivity index (χ3n) is 6.62. The van der Waals surface area contributed by atoms with E-state index in [-0.39, 0.29) is 11.8 Å². The van der Waals surface area contributed by atoms with Gasteiger partial charge in [0.15, 0.2) is 5.69 Å². The van der Waals surface area contributed by atoms with E-state index in [1.165, 1.54) is 5.56 Å². The van der Waals surface area contributed by atoms with Gasteiger partial charge in [0.2, 0.25) is 5.91 Å². The highest BCUT2D eigenvalue weighted by atomic mass is 35.5. The number of aromatic nitrogens is 2. The summed E-state index contributed by atoms with van der Waals surface area (Å²) in [6, 6.07) is 7.76. The molecule has 184 valence electrons. The highest BCUT2D eigenvalue weighted by molar-refractivity contribution is 6.30. The SMILES string of the molecule is Cn1nc(C(=O)NCCCN2CCOCC2)c2c1CCN(C(=O)CCCc1ccc(Cl)cc1)C2. The molecule has 0 aliphatic carbocycles. The van der Waals surface area contributed by atoms with Crippen LogP contribution in [0.15, 0.2) is 24.3 Å². The molecule has 0 radical (unpaired) electrons. The van der Waals surface area contributed by atoms with Crippen LogP contribution in [0.4, 0.5) is 0 Å². The largest absolute Gasteiger partial charge is 0.379 e. The fourth-order valence-electron chi connectivity index (χ4n) is 4.65. The molecule has 1 aromatic heterocycles. The Hall–Kier alpha value is -2.42. The number of nitrogens with one attached hydrogen (secondary N) is 1. The zero-order valence-electron chi connectivity index (χ0n) is 19.9. The number of hydrogen-bond acceptors (Lipinski definition) is 5. The van der Waals surface area contributed by atoms with Crippen molar-refractivity contribution in [2.45, 2.75) is 38.6 Å². The quantitative estimate of drug-likeness (QED) is 0.549. The monoisotopic (exact) mass is 487 g/mol. The van der Waals surface area contributed by atoms with E-state index < -0.39 is 0 Å². The molecular formula is C25H34ClN5O3. The number of hydrogen-bond donors (Lipinski definition) is 1. The molecule has 0 saturated carbocycles. The number of morpholine rings is 1. The van der Waals surface area contributed by atoms with Crippen molar-refractivity contribution in [3.63, 3.8) is 0 Å². The van der Waals surface area contributed by atoms with Gasteiger partial charge in [0.25, 0.3) is 5.91 Å². The van der Waals surface area contributed by atoms with E-state index in [1.807, 2.05) is 36.2 Å². The van der Waals surface area contributed by atoms with Crippen LogP contribution in [-0.4, -0.2) is 77.3 Å². The molecule has 1 aromatic carbocycles. The zero-order valence-corrected chi connectivity index (χ0v) is 20.6. The Balaban J connectivity index is 1.27. The molecule has 2 amide bonds. The van der Waals surface area contributed by atoms with Gasteiger partial charge in [-0.1, -0.05) is 23.7 Å². The zero-order chi connectivity index (χ0) is 23.9. The molecule has 4 rings (SSSR count). The molecule has 1 saturated heterocycles. The van der Waals surface area contributed by atoms with Crippen LogP contribution < -0.4 is 5.32 Å². The van der Waals surface area contributed by atoms with Gasteiger partial charge < -0.3 is 15.0 Å². The van der Waals surface area contributed by atoms with E-state index in [2.05, 4.69) is 15.3 Å². The molecule has 3 heterocycles. The molecule has 2 aromatic rings. The van der Waals surface area contributed by atoms with Crippen molar-refractivity contribution in [2.24, 2.45) is 7.05 Å². The topological polar surface area (TPSA) is 79.7 Å². The van der Waals surface area contributed by atoms with Crippen molar-refractivity contribution < 1.29 is 14.3 Å². The molecule has 2 aliphatic heterocycles. The van der Waals surface area contributed by atoms with Gasteiger partial charge in [0.1, 0.15) is 0 Å². The van der Waals surface area contributed by atoms with Crippen molar-refractivity contribution in [1.82, 2.24) is 24.9 Å². The normalized spacial score (nSPS) is 16.4. The predicted molar refractivity (Wildman–Crippen MR) is 131 cm³/mol. The standard InChI is InChI=1S/C25H34ClN5O3/c1-29-22-10-13-31(23(32)5-2-4-19-6-8-20(26)9-7-19)18-21(22)24(28-29)25(33)27-11-3-12-30-14-16-34-17-15-30/h6-9H,2-5,10-18H2,1H3,(H,27,33). The molecule has 2 aliphatic rings. The van der Waals surface area contributed by atoms with E-state index in [0.717, 1.165) is 68.4 Å². The summed E-state index contributed by atoms with van der Waals surface area (Å²) in [6.07, 6.45) is 3.71. The van der Waals surface area contributed by atoms with Crippen molar-refractivity contribution in [3.8, 4) is 0 Å². The van der Waals surface area contributed by atoms with Crippen molar-refractivity contribution in [3.05, 3.63) is 51.8 Å². The van der Waals surface area contributed by atoms with Crippen LogP contribution in [0.3, 0.4) is 0 Å². The molecule has 34 heavy (non-hydrogen) atoms. The first-order valence-electron chi connectivity index (χ1n) is 12.2. The second-order valence-corrected chi connectivity index (χ2v) is 9.44. The van der Waals surface area contributed by atoms with Gasteiger partial charge in [0.05, 0.1) is 13.2 Å². The maximum absolute atomic E-state index is 12.9. The molecule has 0 spiro atoms. The summed E-state index contributed by atoms with van der Waals surface area (Å²) in [6.45, 7) is 6.12. The first-order chi connectivity index (χ1) is 16.5. The van der Waals surface area contributed by atoms with Gasteiger partial charge in [0, 0.05) is 68.9 Å². The van der Waals surface area contributed by atoms with E-state index in [0.29, 0.717) is 38.2 Å². The van der Waals surface area contributed by atoms with E-state index in [1.54, 1.807) is 4.68 Å².